The number of nitrogens with two attached hydrogens (primary N) is 1. The third-order valence-electron chi connectivity index (χ3n) is 2.33. The quantitative estimate of drug-likeness (QED) is 0.805. The minimum atomic E-state index is 0.143. The zero-order valence-electron chi connectivity index (χ0n) is 9.86. The fourth-order valence-electron chi connectivity index (χ4n) is 1.31. The van der Waals surface area contributed by atoms with E-state index in [4.69, 9.17) is 10.5 Å². The molecule has 0 amide bonds. The molecular formula is C13H21NO. The largest absolute Gasteiger partial charge is 0.493 e. The maximum absolute atomic E-state index is 5.93. The van der Waals surface area contributed by atoms with Crippen molar-refractivity contribution in [3.63, 3.8) is 0 Å². The molecule has 0 fully saturated rings. The molecule has 0 aliphatic carbocycles. The van der Waals surface area contributed by atoms with Crippen LogP contribution in [-0.4, -0.2) is 6.61 Å². The lowest BCUT2D eigenvalue weighted by atomic mass is 10.1. The molecule has 0 radical (unpaired) electrons. The normalized spacial score (nSPS) is 12.9. The van der Waals surface area contributed by atoms with Gasteiger partial charge in [0, 0.05) is 6.04 Å². The van der Waals surface area contributed by atoms with E-state index in [0.717, 1.165) is 18.8 Å². The first kappa shape index (κ1) is 12.1. The van der Waals surface area contributed by atoms with E-state index in [1.165, 1.54) is 5.56 Å². The Morgan fingerprint density at radius 3 is 2.27 bits per heavy atom. The van der Waals surface area contributed by atoms with Crippen LogP contribution < -0.4 is 10.5 Å². The van der Waals surface area contributed by atoms with Gasteiger partial charge < -0.3 is 10.5 Å². The Bertz CT molecular complexity index is 279. The molecular weight excluding hydrogens is 186 g/mol. The number of benzene rings is 1. The summed E-state index contributed by atoms with van der Waals surface area (Å²) in [5.74, 6) is 1.48. The zero-order valence-corrected chi connectivity index (χ0v) is 9.86. The van der Waals surface area contributed by atoms with Gasteiger partial charge in [0.2, 0.25) is 0 Å². The molecule has 1 rings (SSSR count). The van der Waals surface area contributed by atoms with Crippen LogP contribution in [0.2, 0.25) is 0 Å². The second kappa shape index (κ2) is 5.76. The summed E-state index contributed by atoms with van der Waals surface area (Å²) < 4.78 is 5.59. The van der Waals surface area contributed by atoms with E-state index in [-0.39, 0.29) is 6.04 Å². The maximum atomic E-state index is 5.93. The Kier molecular flexibility index (Phi) is 4.63. The van der Waals surface area contributed by atoms with Crippen LogP contribution >= 0.6 is 0 Å². The maximum Gasteiger partial charge on any atom is 0.119 e. The monoisotopic (exact) mass is 207 g/mol. The molecule has 1 aromatic rings. The molecule has 0 heterocycles. The van der Waals surface area contributed by atoms with Crippen LogP contribution in [0.15, 0.2) is 24.3 Å². The van der Waals surface area contributed by atoms with E-state index in [2.05, 4.69) is 20.8 Å². The SMILES string of the molecule is CC[C@@H](N)c1ccc(OCC(C)C)cc1. The minimum absolute atomic E-state index is 0.143. The molecule has 0 aliphatic rings. The van der Waals surface area contributed by atoms with Crippen LogP contribution in [0.25, 0.3) is 0 Å². The molecule has 2 N–H and O–H groups in total. The zero-order chi connectivity index (χ0) is 11.3. The summed E-state index contributed by atoms with van der Waals surface area (Å²) in [6, 6.07) is 8.22. The van der Waals surface area contributed by atoms with Crippen molar-refractivity contribution >= 4 is 0 Å². The van der Waals surface area contributed by atoms with Crippen LogP contribution in [0, 0.1) is 5.92 Å². The third kappa shape index (κ3) is 3.92. The van der Waals surface area contributed by atoms with E-state index in [1.54, 1.807) is 0 Å². The fraction of sp³-hybridized carbons (Fsp3) is 0.538. The van der Waals surface area contributed by atoms with Crippen molar-refractivity contribution in [2.45, 2.75) is 33.2 Å². The second-order valence-corrected chi connectivity index (χ2v) is 4.29. The summed E-state index contributed by atoms with van der Waals surface area (Å²) in [6.45, 7) is 7.13. The molecule has 0 spiro atoms. The van der Waals surface area contributed by atoms with Gasteiger partial charge in [-0.2, -0.15) is 0 Å². The highest BCUT2D eigenvalue weighted by Crippen LogP contribution is 2.18. The number of rotatable bonds is 5. The topological polar surface area (TPSA) is 35.2 Å². The summed E-state index contributed by atoms with van der Waals surface area (Å²) >= 11 is 0. The Labute approximate surface area is 92.4 Å². The predicted molar refractivity (Wildman–Crippen MR) is 64.0 cm³/mol. The molecule has 15 heavy (non-hydrogen) atoms. The van der Waals surface area contributed by atoms with Crippen LogP contribution in [0.1, 0.15) is 38.8 Å². The van der Waals surface area contributed by atoms with Crippen LogP contribution in [0.5, 0.6) is 5.75 Å². The van der Waals surface area contributed by atoms with Crippen molar-refractivity contribution in [1.29, 1.82) is 0 Å². The molecule has 0 saturated heterocycles. The average Bonchev–Trinajstić information content (AvgIpc) is 2.26. The highest BCUT2D eigenvalue weighted by atomic mass is 16.5. The molecule has 1 atom stereocenters. The van der Waals surface area contributed by atoms with E-state index >= 15 is 0 Å². The van der Waals surface area contributed by atoms with Crippen LogP contribution in [-0.2, 0) is 0 Å². The summed E-state index contributed by atoms with van der Waals surface area (Å²) in [5.41, 5.74) is 7.10. The van der Waals surface area contributed by atoms with Gasteiger partial charge in [-0.05, 0) is 30.0 Å². The molecule has 84 valence electrons. The Morgan fingerprint density at radius 2 is 1.80 bits per heavy atom. The second-order valence-electron chi connectivity index (χ2n) is 4.29. The number of hydrogen-bond acceptors (Lipinski definition) is 2. The number of hydrogen-bond donors (Lipinski definition) is 1. The molecule has 2 heteroatoms. The van der Waals surface area contributed by atoms with Gasteiger partial charge in [-0.3, -0.25) is 0 Å². The minimum Gasteiger partial charge on any atom is -0.493 e. The smallest absolute Gasteiger partial charge is 0.119 e. The molecule has 0 aromatic heterocycles. The summed E-state index contributed by atoms with van der Waals surface area (Å²) in [4.78, 5) is 0. The van der Waals surface area contributed by atoms with E-state index in [1.807, 2.05) is 24.3 Å². The molecule has 0 unspecified atom stereocenters. The summed E-state index contributed by atoms with van der Waals surface area (Å²) in [6.07, 6.45) is 0.964. The Hall–Kier alpha value is -1.02. The highest BCUT2D eigenvalue weighted by molar-refractivity contribution is 5.28. The summed E-state index contributed by atoms with van der Waals surface area (Å²) in [7, 11) is 0. The molecule has 1 aromatic carbocycles. The van der Waals surface area contributed by atoms with Gasteiger partial charge in [-0.1, -0.05) is 32.9 Å². The van der Waals surface area contributed by atoms with Crippen molar-refractivity contribution in [2.75, 3.05) is 6.61 Å². The van der Waals surface area contributed by atoms with Gasteiger partial charge in [0.05, 0.1) is 6.61 Å². The number of ether oxygens (including phenoxy) is 1. The van der Waals surface area contributed by atoms with E-state index in [0.29, 0.717) is 5.92 Å². The lowest BCUT2D eigenvalue weighted by Gasteiger charge is -2.11. The first-order chi connectivity index (χ1) is 7.13. The lowest BCUT2D eigenvalue weighted by molar-refractivity contribution is 0.271. The van der Waals surface area contributed by atoms with Gasteiger partial charge in [0.15, 0.2) is 0 Å². The van der Waals surface area contributed by atoms with Gasteiger partial charge in [-0.25, -0.2) is 0 Å². The first-order valence-corrected chi connectivity index (χ1v) is 5.61. The van der Waals surface area contributed by atoms with E-state index in [9.17, 15) is 0 Å². The molecule has 2 nitrogen and oxygen atoms in total. The average molecular weight is 207 g/mol. The lowest BCUT2D eigenvalue weighted by Crippen LogP contribution is -2.08. The predicted octanol–water partition coefficient (Wildman–Crippen LogP) is 3.13. The molecule has 0 saturated carbocycles. The standard InChI is InChI=1S/C13H21NO/c1-4-13(14)11-5-7-12(8-6-11)15-9-10(2)3/h5-8,10,13H,4,9,14H2,1-3H3/t13-/m1/s1. The van der Waals surface area contributed by atoms with Crippen molar-refractivity contribution in [2.24, 2.45) is 11.7 Å². The van der Waals surface area contributed by atoms with Gasteiger partial charge in [0.25, 0.3) is 0 Å². The Balaban J connectivity index is 2.56. The van der Waals surface area contributed by atoms with Gasteiger partial charge in [0.1, 0.15) is 5.75 Å². The third-order valence-corrected chi connectivity index (χ3v) is 2.33. The molecule has 0 bridgehead atoms. The van der Waals surface area contributed by atoms with Crippen molar-refractivity contribution < 1.29 is 4.74 Å². The first-order valence-electron chi connectivity index (χ1n) is 5.61. The van der Waals surface area contributed by atoms with E-state index < -0.39 is 0 Å². The van der Waals surface area contributed by atoms with Crippen molar-refractivity contribution in [1.82, 2.24) is 0 Å². The van der Waals surface area contributed by atoms with Crippen molar-refractivity contribution in [3.8, 4) is 5.75 Å². The van der Waals surface area contributed by atoms with Crippen LogP contribution in [0.3, 0.4) is 0 Å². The Morgan fingerprint density at radius 1 is 1.20 bits per heavy atom. The summed E-state index contributed by atoms with van der Waals surface area (Å²) in [5, 5.41) is 0. The highest BCUT2D eigenvalue weighted by Gasteiger charge is 2.03. The van der Waals surface area contributed by atoms with Gasteiger partial charge in [-0.15, -0.1) is 0 Å². The van der Waals surface area contributed by atoms with Crippen molar-refractivity contribution in [3.05, 3.63) is 29.8 Å². The van der Waals surface area contributed by atoms with Gasteiger partial charge >= 0.3 is 0 Å². The molecule has 0 aliphatic heterocycles. The van der Waals surface area contributed by atoms with Crippen LogP contribution in [0.4, 0.5) is 0 Å². The fourth-order valence-corrected chi connectivity index (χ4v) is 1.31.